The second-order valence-electron chi connectivity index (χ2n) is 10.2. The van der Waals surface area contributed by atoms with Gasteiger partial charge in [0, 0.05) is 32.4 Å². The number of carbonyl (C=O) groups excluding carboxylic acids is 4. The van der Waals surface area contributed by atoms with Crippen LogP contribution in [0.2, 0.25) is 5.02 Å². The molecule has 1 atom stereocenters. The molecule has 0 aliphatic heterocycles. The highest BCUT2D eigenvalue weighted by atomic mass is 35.5. The van der Waals surface area contributed by atoms with Gasteiger partial charge in [-0.15, -0.1) is 11.8 Å². The number of nitrogens with two attached hydrogens (primary N) is 1. The number of amides is 4. The van der Waals surface area contributed by atoms with Crippen molar-refractivity contribution in [3.05, 3.63) is 166 Å². The van der Waals surface area contributed by atoms with Crippen LogP contribution in [0.5, 0.6) is 0 Å². The molecule has 0 aliphatic carbocycles. The Kier molecular flexibility index (Phi) is 10.9. The molecule has 5 aromatic carbocycles. The van der Waals surface area contributed by atoms with Crippen LogP contribution in [0.25, 0.3) is 6.08 Å². The van der Waals surface area contributed by atoms with Gasteiger partial charge in [-0.2, -0.15) is 0 Å². The van der Waals surface area contributed by atoms with E-state index in [0.717, 1.165) is 10.5 Å². The number of anilines is 2. The molecule has 5 N–H and O–H groups in total. The van der Waals surface area contributed by atoms with Crippen LogP contribution in [0, 0.1) is 0 Å². The fraction of sp³-hybridized carbons (Fsp3) is 0.0270. The summed E-state index contributed by atoms with van der Waals surface area (Å²) in [7, 11) is 0. The molecular weight excluding hydrogens is 632 g/mol. The number of primary amides is 1. The van der Waals surface area contributed by atoms with Gasteiger partial charge in [0.05, 0.1) is 0 Å². The van der Waals surface area contributed by atoms with Crippen LogP contribution in [0.4, 0.5) is 11.4 Å². The molecule has 47 heavy (non-hydrogen) atoms. The number of benzene rings is 5. The van der Waals surface area contributed by atoms with Gasteiger partial charge >= 0.3 is 0 Å². The molecule has 0 bridgehead atoms. The summed E-state index contributed by atoms with van der Waals surface area (Å²) in [6.45, 7) is 0. The summed E-state index contributed by atoms with van der Waals surface area (Å²) in [5.41, 5.74) is 8.62. The fourth-order valence-electron chi connectivity index (χ4n) is 4.45. The Morgan fingerprint density at radius 3 is 1.85 bits per heavy atom. The topological polar surface area (TPSA) is 130 Å². The van der Waals surface area contributed by atoms with E-state index in [1.165, 1.54) is 11.8 Å². The van der Waals surface area contributed by atoms with Gasteiger partial charge in [0.15, 0.2) is 0 Å². The zero-order chi connectivity index (χ0) is 33.2. The molecule has 1 unspecified atom stereocenters. The molecule has 0 heterocycles. The zero-order valence-corrected chi connectivity index (χ0v) is 26.4. The van der Waals surface area contributed by atoms with Gasteiger partial charge in [-0.25, -0.2) is 0 Å². The largest absolute Gasteiger partial charge is 0.366 e. The van der Waals surface area contributed by atoms with Crippen LogP contribution in [-0.4, -0.2) is 23.6 Å². The van der Waals surface area contributed by atoms with Crippen molar-refractivity contribution in [1.82, 2.24) is 5.32 Å². The summed E-state index contributed by atoms with van der Waals surface area (Å²) in [4.78, 5) is 52.0. The predicted molar refractivity (Wildman–Crippen MR) is 187 cm³/mol. The maximum absolute atomic E-state index is 13.5. The minimum absolute atomic E-state index is 0.0456. The molecular formula is C37H29ClN4O4S. The van der Waals surface area contributed by atoms with Crippen LogP contribution in [0.3, 0.4) is 0 Å². The lowest BCUT2D eigenvalue weighted by Crippen LogP contribution is -2.30. The molecule has 234 valence electrons. The van der Waals surface area contributed by atoms with Crippen molar-refractivity contribution in [1.29, 1.82) is 0 Å². The maximum Gasteiger partial charge on any atom is 0.272 e. The quantitative estimate of drug-likeness (QED) is 0.0871. The van der Waals surface area contributed by atoms with Gasteiger partial charge in [0.1, 0.15) is 10.9 Å². The molecule has 0 radical (unpaired) electrons. The van der Waals surface area contributed by atoms with Gasteiger partial charge in [-0.05, 0) is 90.0 Å². The zero-order valence-electron chi connectivity index (χ0n) is 24.9. The van der Waals surface area contributed by atoms with E-state index < -0.39 is 23.0 Å². The predicted octanol–water partition coefficient (Wildman–Crippen LogP) is 7.32. The Balaban J connectivity index is 1.31. The highest BCUT2D eigenvalue weighted by molar-refractivity contribution is 8.00. The smallest absolute Gasteiger partial charge is 0.272 e. The lowest BCUT2D eigenvalue weighted by molar-refractivity contribution is -0.116. The van der Waals surface area contributed by atoms with Crippen molar-refractivity contribution in [2.75, 3.05) is 10.6 Å². The first-order chi connectivity index (χ1) is 22.7. The molecule has 5 aromatic rings. The van der Waals surface area contributed by atoms with E-state index in [0.29, 0.717) is 33.1 Å². The van der Waals surface area contributed by atoms with E-state index >= 15 is 0 Å². The Labute approximate surface area is 281 Å². The third kappa shape index (κ3) is 9.20. The fourth-order valence-corrected chi connectivity index (χ4v) is 5.60. The number of hydrogen-bond acceptors (Lipinski definition) is 5. The molecule has 0 saturated carbocycles. The Morgan fingerprint density at radius 2 is 1.23 bits per heavy atom. The van der Waals surface area contributed by atoms with Crippen molar-refractivity contribution >= 4 is 64.4 Å². The summed E-state index contributed by atoms with van der Waals surface area (Å²) >= 11 is 7.36. The average Bonchev–Trinajstić information content (AvgIpc) is 3.09. The maximum atomic E-state index is 13.5. The third-order valence-electron chi connectivity index (χ3n) is 6.85. The highest BCUT2D eigenvalue weighted by Crippen LogP contribution is 2.37. The first-order valence-corrected chi connectivity index (χ1v) is 15.7. The number of rotatable bonds is 11. The van der Waals surface area contributed by atoms with Gasteiger partial charge in [0.2, 0.25) is 11.8 Å². The second kappa shape index (κ2) is 15.6. The lowest BCUT2D eigenvalue weighted by Gasteiger charge is -2.18. The van der Waals surface area contributed by atoms with Crippen LogP contribution >= 0.6 is 23.4 Å². The van der Waals surface area contributed by atoms with Gasteiger partial charge in [-0.3, -0.25) is 19.2 Å². The summed E-state index contributed by atoms with van der Waals surface area (Å²) in [5.74, 6) is -1.75. The normalized spacial score (nSPS) is 11.6. The first kappa shape index (κ1) is 32.7. The standard InChI is InChI=1S/C37H29ClN4O4S/c38-28-15-11-24(12-16-28)23-32(42-35(44)27-9-5-2-6-10-27)36(45)40-30-19-21-31(22-20-30)47-33(25-7-3-1-4-8-25)37(46)41-29-17-13-26(14-18-29)34(39)43/h1-23,33H,(H2,39,43)(H,40,45)(H,41,46)(H,42,44)/b32-23-. The van der Waals surface area contributed by atoms with E-state index in [4.69, 9.17) is 17.3 Å². The average molecular weight is 661 g/mol. The number of hydrogen-bond donors (Lipinski definition) is 4. The Morgan fingerprint density at radius 1 is 0.660 bits per heavy atom. The van der Waals surface area contributed by atoms with E-state index in [9.17, 15) is 19.2 Å². The molecule has 5 rings (SSSR count). The summed E-state index contributed by atoms with van der Waals surface area (Å²) < 4.78 is 0. The van der Waals surface area contributed by atoms with Crippen molar-refractivity contribution in [3.63, 3.8) is 0 Å². The first-order valence-electron chi connectivity index (χ1n) is 14.4. The van der Waals surface area contributed by atoms with Crippen LogP contribution < -0.4 is 21.7 Å². The van der Waals surface area contributed by atoms with Crippen LogP contribution in [0.1, 0.15) is 37.1 Å². The van der Waals surface area contributed by atoms with E-state index in [1.54, 1.807) is 109 Å². The highest BCUT2D eigenvalue weighted by Gasteiger charge is 2.23. The van der Waals surface area contributed by atoms with Gasteiger partial charge in [-0.1, -0.05) is 72.3 Å². The van der Waals surface area contributed by atoms with Crippen molar-refractivity contribution in [2.24, 2.45) is 5.73 Å². The van der Waals surface area contributed by atoms with Crippen molar-refractivity contribution in [3.8, 4) is 0 Å². The van der Waals surface area contributed by atoms with Crippen molar-refractivity contribution in [2.45, 2.75) is 10.1 Å². The summed E-state index contributed by atoms with van der Waals surface area (Å²) in [6.07, 6.45) is 1.57. The van der Waals surface area contributed by atoms with Gasteiger partial charge < -0.3 is 21.7 Å². The SMILES string of the molecule is NC(=O)c1ccc(NC(=O)C(Sc2ccc(NC(=O)/C(=C/c3ccc(Cl)cc3)NC(=O)c3ccccc3)cc2)c2ccccc2)cc1. The molecule has 4 amide bonds. The minimum Gasteiger partial charge on any atom is -0.366 e. The van der Waals surface area contributed by atoms with Crippen LogP contribution in [-0.2, 0) is 9.59 Å². The number of thioether (sulfide) groups is 1. The van der Waals surface area contributed by atoms with Crippen molar-refractivity contribution < 1.29 is 19.2 Å². The van der Waals surface area contributed by atoms with E-state index in [2.05, 4.69) is 16.0 Å². The van der Waals surface area contributed by atoms with Gasteiger partial charge in [0.25, 0.3) is 11.8 Å². The van der Waals surface area contributed by atoms with E-state index in [1.807, 2.05) is 30.3 Å². The number of carbonyl (C=O) groups is 4. The summed E-state index contributed by atoms with van der Waals surface area (Å²) in [6, 6.07) is 38.2. The molecule has 10 heteroatoms. The summed E-state index contributed by atoms with van der Waals surface area (Å²) in [5, 5.41) is 8.41. The molecule has 0 aromatic heterocycles. The minimum atomic E-state index is -0.602. The number of nitrogens with one attached hydrogen (secondary N) is 3. The molecule has 0 aliphatic rings. The second-order valence-corrected chi connectivity index (χ2v) is 11.9. The molecule has 0 saturated heterocycles. The third-order valence-corrected chi connectivity index (χ3v) is 8.37. The Hall–Kier alpha value is -5.64. The molecule has 0 fully saturated rings. The number of halogens is 1. The monoisotopic (exact) mass is 660 g/mol. The lowest BCUT2D eigenvalue weighted by atomic mass is 10.1. The van der Waals surface area contributed by atoms with Crippen LogP contribution in [0.15, 0.2) is 144 Å². The molecule has 8 nitrogen and oxygen atoms in total. The molecule has 0 spiro atoms. The Bertz CT molecular complexity index is 1900. The van der Waals surface area contributed by atoms with E-state index in [-0.39, 0.29) is 11.6 Å².